The Morgan fingerprint density at radius 3 is 2.85 bits per heavy atom. The Balaban J connectivity index is 1.96. The Morgan fingerprint density at radius 1 is 1.40 bits per heavy atom. The minimum Gasteiger partial charge on any atom is -0.408 e. The van der Waals surface area contributed by atoms with Crippen LogP contribution in [0.5, 0.6) is 0 Å². The second-order valence-electron chi connectivity index (χ2n) is 5.74. The molecule has 0 spiro atoms. The SMILES string of the molecule is CCCn1c(=O)oc2cc(C(O)C3CCCC3)ccc21. The lowest BCUT2D eigenvalue weighted by atomic mass is 9.94. The highest BCUT2D eigenvalue weighted by molar-refractivity contribution is 5.73. The van der Waals surface area contributed by atoms with Crippen LogP contribution in [0, 0.1) is 5.92 Å². The predicted molar refractivity (Wildman–Crippen MR) is 77.7 cm³/mol. The number of oxazole rings is 1. The molecule has 1 heterocycles. The van der Waals surface area contributed by atoms with Gasteiger partial charge in [0.2, 0.25) is 0 Å². The highest BCUT2D eigenvalue weighted by Crippen LogP contribution is 2.36. The van der Waals surface area contributed by atoms with Gasteiger partial charge in [-0.15, -0.1) is 0 Å². The topological polar surface area (TPSA) is 55.4 Å². The molecule has 1 aliphatic rings. The minimum absolute atomic E-state index is 0.311. The molecule has 0 amide bonds. The zero-order chi connectivity index (χ0) is 14.1. The normalized spacial score (nSPS) is 17.9. The zero-order valence-corrected chi connectivity index (χ0v) is 11.8. The van der Waals surface area contributed by atoms with Gasteiger partial charge in [0.25, 0.3) is 0 Å². The van der Waals surface area contributed by atoms with Crippen molar-refractivity contribution in [2.24, 2.45) is 5.92 Å². The standard InChI is InChI=1S/C16H21NO3/c1-2-9-17-13-8-7-12(10-14(13)20-16(17)19)15(18)11-5-3-4-6-11/h7-8,10-11,15,18H,2-6,9H2,1H3. The molecule has 4 heteroatoms. The third-order valence-corrected chi connectivity index (χ3v) is 4.33. The van der Waals surface area contributed by atoms with E-state index >= 15 is 0 Å². The molecule has 20 heavy (non-hydrogen) atoms. The number of nitrogens with zero attached hydrogens (tertiary/aromatic N) is 1. The van der Waals surface area contributed by atoms with Crippen molar-refractivity contribution in [3.63, 3.8) is 0 Å². The third kappa shape index (κ3) is 2.29. The molecule has 1 atom stereocenters. The fourth-order valence-corrected chi connectivity index (χ4v) is 3.25. The van der Waals surface area contributed by atoms with E-state index in [9.17, 15) is 9.90 Å². The second-order valence-corrected chi connectivity index (χ2v) is 5.74. The maximum absolute atomic E-state index is 11.8. The van der Waals surface area contributed by atoms with Gasteiger partial charge in [-0.1, -0.05) is 25.8 Å². The average Bonchev–Trinajstić information content (AvgIpc) is 3.07. The van der Waals surface area contributed by atoms with Gasteiger partial charge in [-0.05, 0) is 42.9 Å². The molecule has 108 valence electrons. The number of rotatable bonds is 4. The summed E-state index contributed by atoms with van der Waals surface area (Å²) in [5.41, 5.74) is 2.26. The largest absolute Gasteiger partial charge is 0.419 e. The Labute approximate surface area is 118 Å². The van der Waals surface area contributed by atoms with Crippen molar-refractivity contribution in [3.05, 3.63) is 34.3 Å². The lowest BCUT2D eigenvalue weighted by Gasteiger charge is -2.17. The summed E-state index contributed by atoms with van der Waals surface area (Å²) in [4.78, 5) is 11.8. The van der Waals surface area contributed by atoms with E-state index in [4.69, 9.17) is 4.42 Å². The van der Waals surface area contributed by atoms with Gasteiger partial charge in [0, 0.05) is 6.54 Å². The number of aliphatic hydroxyl groups excluding tert-OH is 1. The van der Waals surface area contributed by atoms with Crippen molar-refractivity contribution in [2.75, 3.05) is 0 Å². The summed E-state index contributed by atoms with van der Waals surface area (Å²) in [5, 5.41) is 10.4. The van der Waals surface area contributed by atoms with Crippen LogP contribution in [-0.4, -0.2) is 9.67 Å². The van der Waals surface area contributed by atoms with E-state index in [1.807, 2.05) is 25.1 Å². The fourth-order valence-electron chi connectivity index (χ4n) is 3.25. The molecule has 0 radical (unpaired) electrons. The summed E-state index contributed by atoms with van der Waals surface area (Å²) in [6.07, 6.45) is 5.01. The summed E-state index contributed by atoms with van der Waals surface area (Å²) in [6, 6.07) is 5.64. The highest BCUT2D eigenvalue weighted by atomic mass is 16.4. The minimum atomic E-state index is -0.443. The average molecular weight is 275 g/mol. The molecule has 1 saturated carbocycles. The first-order valence-corrected chi connectivity index (χ1v) is 7.52. The Kier molecular flexibility index (Phi) is 3.66. The number of aliphatic hydroxyl groups is 1. The van der Waals surface area contributed by atoms with Gasteiger partial charge >= 0.3 is 5.76 Å². The molecule has 3 rings (SSSR count). The van der Waals surface area contributed by atoms with Gasteiger partial charge in [0.05, 0.1) is 11.6 Å². The molecule has 1 aromatic carbocycles. The van der Waals surface area contributed by atoms with Crippen LogP contribution in [-0.2, 0) is 6.54 Å². The molecule has 1 aliphatic carbocycles. The summed E-state index contributed by atoms with van der Waals surface area (Å²) >= 11 is 0. The Bertz CT molecular complexity index is 649. The van der Waals surface area contributed by atoms with E-state index in [0.717, 1.165) is 30.3 Å². The van der Waals surface area contributed by atoms with Crippen molar-refractivity contribution in [2.45, 2.75) is 51.7 Å². The number of hydrogen-bond acceptors (Lipinski definition) is 3. The first-order valence-electron chi connectivity index (χ1n) is 7.52. The third-order valence-electron chi connectivity index (χ3n) is 4.33. The number of fused-ring (bicyclic) bond motifs is 1. The quantitative estimate of drug-likeness (QED) is 0.932. The van der Waals surface area contributed by atoms with Crippen LogP contribution >= 0.6 is 0 Å². The zero-order valence-electron chi connectivity index (χ0n) is 11.8. The fraction of sp³-hybridized carbons (Fsp3) is 0.562. The summed E-state index contributed by atoms with van der Waals surface area (Å²) in [7, 11) is 0. The van der Waals surface area contributed by atoms with Crippen LogP contribution in [0.25, 0.3) is 11.1 Å². The van der Waals surface area contributed by atoms with E-state index < -0.39 is 6.10 Å². The monoisotopic (exact) mass is 275 g/mol. The van der Waals surface area contributed by atoms with E-state index in [1.54, 1.807) is 4.57 Å². The van der Waals surface area contributed by atoms with E-state index in [0.29, 0.717) is 18.0 Å². The molecule has 0 saturated heterocycles. The summed E-state index contributed by atoms with van der Waals surface area (Å²) in [5.74, 6) is 0.0336. The van der Waals surface area contributed by atoms with Crippen molar-refractivity contribution < 1.29 is 9.52 Å². The van der Waals surface area contributed by atoms with Gasteiger partial charge in [-0.2, -0.15) is 0 Å². The van der Waals surface area contributed by atoms with Crippen LogP contribution < -0.4 is 5.76 Å². The molecule has 1 fully saturated rings. The smallest absolute Gasteiger partial charge is 0.408 e. The van der Waals surface area contributed by atoms with Gasteiger partial charge in [0.15, 0.2) is 5.58 Å². The Morgan fingerprint density at radius 2 is 2.15 bits per heavy atom. The number of hydrogen-bond donors (Lipinski definition) is 1. The van der Waals surface area contributed by atoms with E-state index in [1.165, 1.54) is 12.8 Å². The number of aryl methyl sites for hydroxylation is 1. The van der Waals surface area contributed by atoms with E-state index in [2.05, 4.69) is 0 Å². The first kappa shape index (κ1) is 13.4. The lowest BCUT2D eigenvalue weighted by Crippen LogP contribution is -2.13. The Hall–Kier alpha value is -1.55. The molecule has 4 nitrogen and oxygen atoms in total. The summed E-state index contributed by atoms with van der Waals surface area (Å²) in [6.45, 7) is 2.69. The van der Waals surface area contributed by atoms with Crippen molar-refractivity contribution in [1.29, 1.82) is 0 Å². The maximum atomic E-state index is 11.8. The maximum Gasteiger partial charge on any atom is 0.419 e. The number of benzene rings is 1. The van der Waals surface area contributed by atoms with Gasteiger partial charge in [-0.3, -0.25) is 4.57 Å². The first-order chi connectivity index (χ1) is 9.70. The lowest BCUT2D eigenvalue weighted by molar-refractivity contribution is 0.111. The van der Waals surface area contributed by atoms with Crippen LogP contribution in [0.1, 0.15) is 50.7 Å². The molecular weight excluding hydrogens is 254 g/mol. The molecule has 1 aromatic heterocycles. The molecule has 0 bridgehead atoms. The van der Waals surface area contributed by atoms with E-state index in [-0.39, 0.29) is 5.76 Å². The van der Waals surface area contributed by atoms with Gasteiger partial charge < -0.3 is 9.52 Å². The van der Waals surface area contributed by atoms with Crippen LogP contribution in [0.2, 0.25) is 0 Å². The molecule has 2 aromatic rings. The van der Waals surface area contributed by atoms with Gasteiger partial charge in [0.1, 0.15) is 0 Å². The van der Waals surface area contributed by atoms with Crippen molar-refractivity contribution in [1.82, 2.24) is 4.57 Å². The van der Waals surface area contributed by atoms with Crippen molar-refractivity contribution >= 4 is 11.1 Å². The van der Waals surface area contributed by atoms with Gasteiger partial charge in [-0.25, -0.2) is 4.79 Å². The molecular formula is C16H21NO3. The molecule has 1 N–H and O–H groups in total. The van der Waals surface area contributed by atoms with Crippen LogP contribution in [0.15, 0.2) is 27.4 Å². The molecule has 0 aliphatic heterocycles. The predicted octanol–water partition coefficient (Wildman–Crippen LogP) is 3.23. The van der Waals surface area contributed by atoms with Crippen molar-refractivity contribution in [3.8, 4) is 0 Å². The number of aromatic nitrogens is 1. The molecule has 1 unspecified atom stereocenters. The van der Waals surface area contributed by atoms with Crippen LogP contribution in [0.4, 0.5) is 0 Å². The van der Waals surface area contributed by atoms with Crippen LogP contribution in [0.3, 0.4) is 0 Å². The highest BCUT2D eigenvalue weighted by Gasteiger charge is 2.25. The summed E-state index contributed by atoms with van der Waals surface area (Å²) < 4.78 is 6.96. The second kappa shape index (κ2) is 5.44.